The molecular weight excluding hydrogens is 576 g/mol. The summed E-state index contributed by atoms with van der Waals surface area (Å²) in [7, 11) is 0. The van der Waals surface area contributed by atoms with Gasteiger partial charge in [-0.2, -0.15) is 0 Å². The molecule has 3 N–H and O–H groups in total. The predicted molar refractivity (Wildman–Crippen MR) is 172 cm³/mol. The van der Waals surface area contributed by atoms with Crippen LogP contribution in [0.4, 0.5) is 0 Å². The van der Waals surface area contributed by atoms with Crippen molar-refractivity contribution in [3.8, 4) is 0 Å². The maximum absolute atomic E-state index is 14.1. The molecule has 2 unspecified atom stereocenters. The molecular formula is C35H47ClN4O4. The number of carbonyl (C=O) groups is 3. The lowest BCUT2D eigenvalue weighted by atomic mass is 9.65. The molecule has 3 amide bonds. The highest BCUT2D eigenvalue weighted by molar-refractivity contribution is 6.30. The fraction of sp³-hybridized carbons (Fsp3) is 0.571. The van der Waals surface area contributed by atoms with Crippen LogP contribution in [0.25, 0.3) is 0 Å². The Morgan fingerprint density at radius 3 is 2.41 bits per heavy atom. The van der Waals surface area contributed by atoms with Crippen molar-refractivity contribution in [2.45, 2.75) is 83.3 Å². The summed E-state index contributed by atoms with van der Waals surface area (Å²) in [6.45, 7) is 9.09. The summed E-state index contributed by atoms with van der Waals surface area (Å²) in [6.07, 6.45) is 4.43. The van der Waals surface area contributed by atoms with Crippen LogP contribution < -0.4 is 16.0 Å². The molecule has 2 fully saturated rings. The lowest BCUT2D eigenvalue weighted by molar-refractivity contribution is -0.149. The minimum Gasteiger partial charge on any atom is -0.381 e. The number of piperidine rings is 1. The third-order valence-electron chi connectivity index (χ3n) is 9.50. The van der Waals surface area contributed by atoms with E-state index >= 15 is 0 Å². The van der Waals surface area contributed by atoms with Crippen LogP contribution in [0.15, 0.2) is 48.5 Å². The van der Waals surface area contributed by atoms with E-state index < -0.39 is 11.5 Å². The van der Waals surface area contributed by atoms with E-state index in [-0.39, 0.29) is 41.6 Å². The summed E-state index contributed by atoms with van der Waals surface area (Å²) < 4.78 is 5.63. The first-order chi connectivity index (χ1) is 21.0. The SMILES string of the molecule is CC(C)(C)NC(=O)C1(C2CCOCC2)CCN(C(=O)C(Cc2ccc(Cl)cc2)NC(=O)CC2NCCc3ccccc32)CC1. The third-order valence-corrected chi connectivity index (χ3v) is 9.75. The summed E-state index contributed by atoms with van der Waals surface area (Å²) in [4.78, 5) is 43.3. The molecule has 2 aromatic carbocycles. The van der Waals surface area contributed by atoms with Crippen molar-refractivity contribution in [3.63, 3.8) is 0 Å². The molecule has 0 saturated carbocycles. The van der Waals surface area contributed by atoms with E-state index in [0.717, 1.165) is 36.9 Å². The Balaban J connectivity index is 1.31. The summed E-state index contributed by atoms with van der Waals surface area (Å²) in [6, 6.07) is 14.8. The maximum Gasteiger partial charge on any atom is 0.245 e. The van der Waals surface area contributed by atoms with E-state index in [9.17, 15) is 14.4 Å². The molecule has 2 saturated heterocycles. The standard InChI is InChI=1S/C35H47ClN4O4/c1-34(2,3)39-33(43)35(26-13-20-44-21-14-26)15-18-40(19-16-35)32(42)30(22-24-8-10-27(36)11-9-24)38-31(41)23-29-28-7-5-4-6-25(28)12-17-37-29/h4-11,26,29-30,37H,12-23H2,1-3H3,(H,38,41)(H,39,43). The van der Waals surface area contributed by atoms with Gasteiger partial charge < -0.3 is 25.6 Å². The van der Waals surface area contributed by atoms with Gasteiger partial charge in [0.15, 0.2) is 0 Å². The highest BCUT2D eigenvalue weighted by Crippen LogP contribution is 2.44. The highest BCUT2D eigenvalue weighted by Gasteiger charge is 2.49. The van der Waals surface area contributed by atoms with Crippen molar-refractivity contribution < 1.29 is 19.1 Å². The average molecular weight is 623 g/mol. The Hall–Kier alpha value is -2.94. The Morgan fingerprint density at radius 1 is 1.05 bits per heavy atom. The number of rotatable bonds is 8. The summed E-state index contributed by atoms with van der Waals surface area (Å²) in [5.41, 5.74) is 2.44. The Morgan fingerprint density at radius 2 is 1.73 bits per heavy atom. The molecule has 44 heavy (non-hydrogen) atoms. The normalized spacial score (nSPS) is 21.2. The number of ether oxygens (including phenoxy) is 1. The van der Waals surface area contributed by atoms with Gasteiger partial charge >= 0.3 is 0 Å². The molecule has 5 rings (SSSR count). The number of hydrogen-bond acceptors (Lipinski definition) is 5. The molecule has 0 bridgehead atoms. The molecule has 3 aliphatic rings. The molecule has 0 radical (unpaired) electrons. The molecule has 2 atom stereocenters. The van der Waals surface area contributed by atoms with Crippen LogP contribution in [0.2, 0.25) is 5.02 Å². The van der Waals surface area contributed by atoms with E-state index in [1.807, 2.05) is 49.9 Å². The topological polar surface area (TPSA) is 99.8 Å². The highest BCUT2D eigenvalue weighted by atomic mass is 35.5. The monoisotopic (exact) mass is 622 g/mol. The van der Waals surface area contributed by atoms with Crippen molar-refractivity contribution in [1.29, 1.82) is 0 Å². The van der Waals surface area contributed by atoms with Crippen LogP contribution in [0.1, 0.15) is 75.6 Å². The quantitative estimate of drug-likeness (QED) is 0.400. The minimum atomic E-state index is -0.721. The van der Waals surface area contributed by atoms with Gasteiger partial charge in [-0.15, -0.1) is 0 Å². The van der Waals surface area contributed by atoms with E-state index in [0.29, 0.717) is 50.6 Å². The first-order valence-corrected chi connectivity index (χ1v) is 16.5. The first kappa shape index (κ1) is 32.5. The second-order valence-corrected chi connectivity index (χ2v) is 14.1. The van der Waals surface area contributed by atoms with E-state index in [1.54, 1.807) is 12.1 Å². The van der Waals surface area contributed by atoms with Gasteiger partial charge in [-0.05, 0) is 94.2 Å². The lowest BCUT2D eigenvalue weighted by Gasteiger charge is -2.48. The van der Waals surface area contributed by atoms with Crippen molar-refractivity contribution in [3.05, 3.63) is 70.2 Å². The Kier molecular flexibility index (Phi) is 10.3. The van der Waals surface area contributed by atoms with Crippen LogP contribution in [0.3, 0.4) is 0 Å². The fourth-order valence-corrected chi connectivity index (χ4v) is 7.28. The van der Waals surface area contributed by atoms with E-state index in [2.05, 4.69) is 28.1 Å². The molecule has 0 aromatic heterocycles. The van der Waals surface area contributed by atoms with Crippen LogP contribution in [0, 0.1) is 11.3 Å². The van der Waals surface area contributed by atoms with Gasteiger partial charge in [0, 0.05) is 55.7 Å². The zero-order valence-corrected chi connectivity index (χ0v) is 27.1. The molecule has 3 aliphatic heterocycles. The number of hydrogen-bond donors (Lipinski definition) is 3. The van der Waals surface area contributed by atoms with Crippen molar-refractivity contribution in [2.24, 2.45) is 11.3 Å². The zero-order chi connectivity index (χ0) is 31.3. The molecule has 0 aliphatic carbocycles. The van der Waals surface area contributed by atoms with Crippen molar-refractivity contribution in [1.82, 2.24) is 20.9 Å². The van der Waals surface area contributed by atoms with Crippen LogP contribution in [-0.4, -0.2) is 67.1 Å². The molecule has 8 nitrogen and oxygen atoms in total. The Labute approximate surface area is 266 Å². The van der Waals surface area contributed by atoms with E-state index in [4.69, 9.17) is 16.3 Å². The van der Waals surface area contributed by atoms with E-state index in [1.165, 1.54) is 5.56 Å². The number of fused-ring (bicyclic) bond motifs is 1. The van der Waals surface area contributed by atoms with Gasteiger partial charge in [0.25, 0.3) is 0 Å². The number of halogens is 1. The minimum absolute atomic E-state index is 0.0790. The summed E-state index contributed by atoms with van der Waals surface area (Å²) in [5.74, 6) is 0.0216. The number of nitrogens with zero attached hydrogens (tertiary/aromatic N) is 1. The second kappa shape index (κ2) is 14.0. The van der Waals surface area contributed by atoms with Crippen LogP contribution >= 0.6 is 11.6 Å². The lowest BCUT2D eigenvalue weighted by Crippen LogP contribution is -2.59. The number of amides is 3. The number of nitrogens with one attached hydrogen (secondary N) is 3. The fourth-order valence-electron chi connectivity index (χ4n) is 7.15. The zero-order valence-electron chi connectivity index (χ0n) is 26.3. The first-order valence-electron chi connectivity index (χ1n) is 16.1. The summed E-state index contributed by atoms with van der Waals surface area (Å²) >= 11 is 6.13. The Bertz CT molecular complexity index is 1310. The second-order valence-electron chi connectivity index (χ2n) is 13.7. The molecule has 9 heteroatoms. The van der Waals surface area contributed by atoms with Crippen molar-refractivity contribution in [2.75, 3.05) is 32.8 Å². The molecule has 3 heterocycles. The van der Waals surface area contributed by atoms with Gasteiger partial charge in [-0.3, -0.25) is 14.4 Å². The molecule has 0 spiro atoms. The third kappa shape index (κ3) is 7.82. The molecule has 238 valence electrons. The van der Waals surface area contributed by atoms with Crippen LogP contribution in [0.5, 0.6) is 0 Å². The average Bonchev–Trinajstić information content (AvgIpc) is 3.01. The number of benzene rings is 2. The van der Waals surface area contributed by atoms with Gasteiger partial charge in [-0.25, -0.2) is 0 Å². The smallest absolute Gasteiger partial charge is 0.245 e. The maximum atomic E-state index is 14.1. The number of carbonyl (C=O) groups excluding carboxylic acids is 3. The summed E-state index contributed by atoms with van der Waals surface area (Å²) in [5, 5.41) is 10.4. The van der Waals surface area contributed by atoms with Gasteiger partial charge in [-0.1, -0.05) is 48.0 Å². The molecule has 2 aromatic rings. The van der Waals surface area contributed by atoms with Crippen LogP contribution in [-0.2, 0) is 32.0 Å². The van der Waals surface area contributed by atoms with Gasteiger partial charge in [0.1, 0.15) is 6.04 Å². The predicted octanol–water partition coefficient (Wildman–Crippen LogP) is 4.59. The largest absolute Gasteiger partial charge is 0.381 e. The van der Waals surface area contributed by atoms with Crippen molar-refractivity contribution >= 4 is 29.3 Å². The van der Waals surface area contributed by atoms with Gasteiger partial charge in [0.2, 0.25) is 17.7 Å². The van der Waals surface area contributed by atoms with Gasteiger partial charge in [0.05, 0.1) is 5.41 Å². The number of likely N-dealkylation sites (tertiary alicyclic amines) is 1.